The Morgan fingerprint density at radius 2 is 2.07 bits per heavy atom. The molecule has 8 heteroatoms. The molecule has 0 radical (unpaired) electrons. The number of anilines is 1. The number of carboxylic acids is 1. The number of aryl methyl sites for hydroxylation is 1. The summed E-state index contributed by atoms with van der Waals surface area (Å²) in [4.78, 5) is 26.1. The maximum Gasteiger partial charge on any atom is 0.341 e. The summed E-state index contributed by atoms with van der Waals surface area (Å²) in [5.41, 5.74) is 7.68. The number of fused-ring (bicyclic) bond motifs is 1. The molecule has 2 aromatic heterocycles. The van der Waals surface area contributed by atoms with Crippen LogP contribution in [0.2, 0.25) is 0 Å². The summed E-state index contributed by atoms with van der Waals surface area (Å²) < 4.78 is 16.3. The predicted octanol–water partition coefficient (Wildman–Crippen LogP) is 1.86. The first-order valence-electron chi connectivity index (χ1n) is 10.1. The van der Waals surface area contributed by atoms with Gasteiger partial charge in [-0.15, -0.1) is 0 Å². The monoisotopic (exact) mass is 403 g/mol. The number of piperidine rings is 1. The number of aliphatic hydroxyl groups excluding tert-OH is 1. The number of carboxylic acid groups (broad SMARTS) is 1. The van der Waals surface area contributed by atoms with E-state index in [1.807, 2.05) is 4.90 Å². The van der Waals surface area contributed by atoms with Crippen molar-refractivity contribution in [3.05, 3.63) is 45.1 Å². The molecule has 1 saturated carbocycles. The zero-order valence-electron chi connectivity index (χ0n) is 16.4. The van der Waals surface area contributed by atoms with Crippen molar-refractivity contribution in [1.82, 2.24) is 4.40 Å². The number of aromatic nitrogens is 1. The van der Waals surface area contributed by atoms with E-state index in [2.05, 4.69) is 0 Å². The van der Waals surface area contributed by atoms with Crippen molar-refractivity contribution in [2.24, 2.45) is 11.7 Å². The first kappa shape index (κ1) is 19.8. The van der Waals surface area contributed by atoms with Crippen LogP contribution in [-0.2, 0) is 0 Å². The smallest absolute Gasteiger partial charge is 0.341 e. The van der Waals surface area contributed by atoms with E-state index in [4.69, 9.17) is 5.73 Å². The Balaban J connectivity index is 1.85. The Kier molecular flexibility index (Phi) is 5.08. The summed E-state index contributed by atoms with van der Waals surface area (Å²) in [6.45, 7) is 2.95. The summed E-state index contributed by atoms with van der Waals surface area (Å²) in [7, 11) is 0. The molecule has 4 rings (SSSR count). The van der Waals surface area contributed by atoms with Crippen LogP contribution in [0, 0.1) is 18.7 Å². The standard InChI is InChI=1S/C21H26FN3O4/c1-11-18-14(12-2-3-12)8-15(21(28)29)20(27)25(18)9-16(22)19(11)24-6-4-13(5-7-26)17(23)10-24/h8-9,12-13,17,26H,2-7,10,23H2,1H3,(H,28,29)/t13-,17-/m1/s1. The SMILES string of the molecule is Cc1c(N2CC[C@H](CCO)[C@H](N)C2)c(F)cn2c(=O)c(C(=O)O)cc(C3CC3)c12. The topological polar surface area (TPSA) is 108 Å². The highest BCUT2D eigenvalue weighted by Gasteiger charge is 2.32. The molecule has 0 amide bonds. The summed E-state index contributed by atoms with van der Waals surface area (Å²) in [6.07, 6.45) is 4.36. The van der Waals surface area contributed by atoms with Gasteiger partial charge in [0.25, 0.3) is 5.56 Å². The van der Waals surface area contributed by atoms with E-state index >= 15 is 4.39 Å². The molecule has 0 spiro atoms. The minimum absolute atomic E-state index is 0.0846. The highest BCUT2D eigenvalue weighted by Crippen LogP contribution is 2.44. The number of hydrogen-bond donors (Lipinski definition) is 3. The zero-order chi connectivity index (χ0) is 20.9. The van der Waals surface area contributed by atoms with Crippen molar-refractivity contribution in [3.63, 3.8) is 0 Å². The van der Waals surface area contributed by atoms with E-state index in [-0.39, 0.29) is 30.0 Å². The molecule has 29 heavy (non-hydrogen) atoms. The lowest BCUT2D eigenvalue weighted by molar-refractivity contribution is 0.0694. The highest BCUT2D eigenvalue weighted by atomic mass is 19.1. The van der Waals surface area contributed by atoms with Crippen LogP contribution in [0.5, 0.6) is 0 Å². The summed E-state index contributed by atoms with van der Waals surface area (Å²) in [6, 6.07) is 1.29. The summed E-state index contributed by atoms with van der Waals surface area (Å²) in [5, 5.41) is 18.6. The Labute approximate surface area is 167 Å². The summed E-state index contributed by atoms with van der Waals surface area (Å²) in [5.74, 6) is -1.47. The summed E-state index contributed by atoms with van der Waals surface area (Å²) >= 11 is 0. The van der Waals surface area contributed by atoms with Gasteiger partial charge < -0.3 is 20.8 Å². The molecule has 2 fully saturated rings. The molecule has 0 aromatic carbocycles. The molecule has 156 valence electrons. The lowest BCUT2D eigenvalue weighted by Crippen LogP contribution is -2.49. The first-order valence-corrected chi connectivity index (χ1v) is 10.1. The molecule has 2 aromatic rings. The van der Waals surface area contributed by atoms with E-state index in [0.717, 1.165) is 35.4 Å². The lowest BCUT2D eigenvalue weighted by atomic mass is 9.89. The number of nitrogens with zero attached hydrogens (tertiary/aromatic N) is 2. The number of halogens is 1. The number of aromatic carboxylic acids is 1. The van der Waals surface area contributed by atoms with Crippen molar-refractivity contribution in [3.8, 4) is 0 Å². The molecular weight excluding hydrogens is 377 g/mol. The van der Waals surface area contributed by atoms with E-state index in [1.54, 1.807) is 6.92 Å². The van der Waals surface area contributed by atoms with Gasteiger partial charge >= 0.3 is 5.97 Å². The van der Waals surface area contributed by atoms with Gasteiger partial charge in [-0.3, -0.25) is 9.20 Å². The van der Waals surface area contributed by atoms with Gasteiger partial charge in [-0.2, -0.15) is 0 Å². The van der Waals surface area contributed by atoms with Crippen LogP contribution >= 0.6 is 0 Å². The highest BCUT2D eigenvalue weighted by molar-refractivity contribution is 5.89. The Hall–Kier alpha value is -2.45. The van der Waals surface area contributed by atoms with Crippen LogP contribution in [0.15, 0.2) is 17.1 Å². The third-order valence-corrected chi connectivity index (χ3v) is 6.31. The number of pyridine rings is 2. The lowest BCUT2D eigenvalue weighted by Gasteiger charge is -2.39. The molecular formula is C21H26FN3O4. The van der Waals surface area contributed by atoms with Gasteiger partial charge in [0, 0.05) is 25.7 Å². The maximum atomic E-state index is 15.2. The molecule has 0 bridgehead atoms. The molecule has 1 aliphatic heterocycles. The Morgan fingerprint density at radius 3 is 2.66 bits per heavy atom. The second-order valence-electron chi connectivity index (χ2n) is 8.24. The van der Waals surface area contributed by atoms with Crippen molar-refractivity contribution in [1.29, 1.82) is 0 Å². The number of aliphatic hydroxyl groups is 1. The molecule has 1 saturated heterocycles. The van der Waals surface area contributed by atoms with E-state index < -0.39 is 17.3 Å². The van der Waals surface area contributed by atoms with E-state index in [0.29, 0.717) is 36.3 Å². The van der Waals surface area contributed by atoms with Crippen molar-refractivity contribution >= 4 is 17.2 Å². The van der Waals surface area contributed by atoms with Gasteiger partial charge in [0.05, 0.1) is 17.4 Å². The average molecular weight is 403 g/mol. The number of rotatable bonds is 5. The van der Waals surface area contributed by atoms with Crippen molar-refractivity contribution < 1.29 is 19.4 Å². The third kappa shape index (κ3) is 3.40. The molecule has 7 nitrogen and oxygen atoms in total. The first-order chi connectivity index (χ1) is 13.8. The molecule has 2 atom stereocenters. The largest absolute Gasteiger partial charge is 0.477 e. The van der Waals surface area contributed by atoms with E-state index in [1.165, 1.54) is 6.07 Å². The van der Waals surface area contributed by atoms with Crippen LogP contribution in [0.4, 0.5) is 10.1 Å². The second kappa shape index (κ2) is 7.42. The van der Waals surface area contributed by atoms with Gasteiger partial charge in [-0.1, -0.05) is 0 Å². The fourth-order valence-corrected chi connectivity index (χ4v) is 4.65. The second-order valence-corrected chi connectivity index (χ2v) is 8.24. The van der Waals surface area contributed by atoms with Gasteiger partial charge in [0.15, 0.2) is 5.82 Å². The van der Waals surface area contributed by atoms with Crippen LogP contribution < -0.4 is 16.2 Å². The van der Waals surface area contributed by atoms with Crippen molar-refractivity contribution in [2.45, 2.75) is 44.6 Å². The van der Waals surface area contributed by atoms with Crippen molar-refractivity contribution in [2.75, 3.05) is 24.6 Å². The number of carbonyl (C=O) groups is 1. The zero-order valence-corrected chi connectivity index (χ0v) is 16.4. The van der Waals surface area contributed by atoms with Gasteiger partial charge in [-0.05, 0) is 61.6 Å². The van der Waals surface area contributed by atoms with Gasteiger partial charge in [-0.25, -0.2) is 9.18 Å². The van der Waals surface area contributed by atoms with Crippen LogP contribution in [0.1, 0.15) is 53.1 Å². The predicted molar refractivity (Wildman–Crippen MR) is 107 cm³/mol. The normalized spacial score (nSPS) is 22.3. The third-order valence-electron chi connectivity index (χ3n) is 6.31. The van der Waals surface area contributed by atoms with Gasteiger partial charge in [0.1, 0.15) is 5.56 Å². The molecule has 4 N–H and O–H groups in total. The average Bonchev–Trinajstić information content (AvgIpc) is 3.49. The fourth-order valence-electron chi connectivity index (χ4n) is 4.65. The molecule has 1 aliphatic carbocycles. The van der Waals surface area contributed by atoms with Crippen LogP contribution in [-0.4, -0.2) is 46.3 Å². The fraction of sp³-hybridized carbons (Fsp3) is 0.524. The number of nitrogens with two attached hydrogens (primary N) is 1. The van der Waals surface area contributed by atoms with E-state index in [9.17, 15) is 19.8 Å². The molecule has 0 unspecified atom stereocenters. The Bertz CT molecular complexity index is 1030. The molecule has 3 heterocycles. The minimum Gasteiger partial charge on any atom is -0.477 e. The molecule has 2 aliphatic rings. The van der Waals surface area contributed by atoms with Gasteiger partial charge in [0.2, 0.25) is 0 Å². The quantitative estimate of drug-likeness (QED) is 0.703. The Morgan fingerprint density at radius 1 is 1.34 bits per heavy atom. The van der Waals surface area contributed by atoms with Crippen LogP contribution in [0.3, 0.4) is 0 Å². The van der Waals surface area contributed by atoms with Crippen LogP contribution in [0.25, 0.3) is 5.52 Å². The number of hydrogen-bond acceptors (Lipinski definition) is 5. The minimum atomic E-state index is -1.30. The maximum absolute atomic E-state index is 15.2.